The van der Waals surface area contributed by atoms with Crippen molar-refractivity contribution in [2.45, 2.75) is 45.4 Å². The fourth-order valence-electron chi connectivity index (χ4n) is 2.69. The van der Waals surface area contributed by atoms with Crippen LogP contribution in [0.3, 0.4) is 0 Å². The Kier molecular flexibility index (Phi) is 4.79. The first-order valence-electron chi connectivity index (χ1n) is 5.88. The van der Waals surface area contributed by atoms with Crippen LogP contribution in [0.4, 0.5) is 0 Å². The van der Waals surface area contributed by atoms with Gasteiger partial charge in [0, 0.05) is 6.54 Å². The number of nitrogens with zero attached hydrogens (tertiary/aromatic N) is 1. The molecule has 1 nitrogen and oxygen atoms in total. The molecule has 0 radical (unpaired) electrons. The predicted molar refractivity (Wildman–Crippen MR) is 58.9 cm³/mol. The van der Waals surface area contributed by atoms with Crippen molar-refractivity contribution in [3.8, 4) is 0 Å². The summed E-state index contributed by atoms with van der Waals surface area (Å²) in [6.45, 7) is 3.64. The smallest absolute Gasteiger partial charge is 0.000610 e. The van der Waals surface area contributed by atoms with E-state index >= 15 is 0 Å². The van der Waals surface area contributed by atoms with Crippen LogP contribution >= 0.6 is 0 Å². The summed E-state index contributed by atoms with van der Waals surface area (Å²) in [5, 5.41) is 0. The van der Waals surface area contributed by atoms with E-state index in [9.17, 15) is 0 Å². The van der Waals surface area contributed by atoms with Gasteiger partial charge in [0.15, 0.2) is 0 Å². The molecule has 0 aromatic heterocycles. The van der Waals surface area contributed by atoms with Crippen molar-refractivity contribution in [3.63, 3.8) is 0 Å². The molecule has 1 atom stereocenters. The lowest BCUT2D eigenvalue weighted by Crippen LogP contribution is -2.28. The zero-order valence-corrected chi connectivity index (χ0v) is 9.55. The summed E-state index contributed by atoms with van der Waals surface area (Å²) < 4.78 is 0. The van der Waals surface area contributed by atoms with Crippen molar-refractivity contribution in [2.75, 3.05) is 20.6 Å². The Morgan fingerprint density at radius 2 is 1.77 bits per heavy atom. The third-order valence-corrected chi connectivity index (χ3v) is 3.44. The molecule has 1 saturated carbocycles. The largest absolute Gasteiger partial charge is 0.309 e. The molecule has 0 spiro atoms. The molecule has 0 N–H and O–H groups in total. The summed E-state index contributed by atoms with van der Waals surface area (Å²) in [7, 11) is 4.40. The van der Waals surface area contributed by atoms with Gasteiger partial charge >= 0.3 is 0 Å². The molecule has 1 heteroatoms. The molecule has 0 unspecified atom stereocenters. The quantitative estimate of drug-likeness (QED) is 0.647. The van der Waals surface area contributed by atoms with Gasteiger partial charge in [0.1, 0.15) is 0 Å². The van der Waals surface area contributed by atoms with Crippen LogP contribution in [-0.2, 0) is 0 Å². The van der Waals surface area contributed by atoms with E-state index in [0.717, 1.165) is 11.8 Å². The first-order valence-corrected chi connectivity index (χ1v) is 5.88. The Hall–Kier alpha value is -0.0400. The van der Waals surface area contributed by atoms with E-state index in [1.165, 1.54) is 45.1 Å². The van der Waals surface area contributed by atoms with Gasteiger partial charge in [-0.15, -0.1) is 0 Å². The van der Waals surface area contributed by atoms with Gasteiger partial charge in [0.25, 0.3) is 0 Å². The molecule has 1 rings (SSSR count). The minimum Gasteiger partial charge on any atom is -0.309 e. The highest BCUT2D eigenvalue weighted by molar-refractivity contribution is 4.74. The molecular formula is C12H25N. The predicted octanol–water partition coefficient (Wildman–Crippen LogP) is 3.15. The van der Waals surface area contributed by atoms with E-state index in [2.05, 4.69) is 25.9 Å². The Balaban J connectivity index is 2.34. The monoisotopic (exact) mass is 183 g/mol. The van der Waals surface area contributed by atoms with Crippen molar-refractivity contribution in [3.05, 3.63) is 0 Å². The number of hydrogen-bond donors (Lipinski definition) is 0. The van der Waals surface area contributed by atoms with E-state index in [4.69, 9.17) is 0 Å². The highest BCUT2D eigenvalue weighted by atomic mass is 15.1. The zero-order valence-electron chi connectivity index (χ0n) is 9.55. The average Bonchev–Trinajstić information content (AvgIpc) is 2.15. The molecule has 0 aromatic rings. The minimum atomic E-state index is 0.954. The zero-order chi connectivity index (χ0) is 9.68. The molecule has 0 heterocycles. The van der Waals surface area contributed by atoms with Crippen LogP contribution in [0.15, 0.2) is 0 Å². The standard InChI is InChI=1S/C12H25N/c1-4-11(10-13(2)3)12-8-6-5-7-9-12/h11-12H,4-10H2,1-3H3/t11-/m1/s1. The maximum Gasteiger partial charge on any atom is 0.000610 e. The number of rotatable bonds is 4. The molecule has 0 bridgehead atoms. The Morgan fingerprint density at radius 3 is 2.23 bits per heavy atom. The van der Waals surface area contributed by atoms with E-state index in [0.29, 0.717) is 0 Å². The lowest BCUT2D eigenvalue weighted by Gasteiger charge is -2.31. The fraction of sp³-hybridized carbons (Fsp3) is 1.00. The van der Waals surface area contributed by atoms with Crippen LogP contribution in [0.1, 0.15) is 45.4 Å². The minimum absolute atomic E-state index is 0.954. The van der Waals surface area contributed by atoms with Crippen LogP contribution in [0, 0.1) is 11.8 Å². The van der Waals surface area contributed by atoms with E-state index in [1.807, 2.05) is 0 Å². The molecule has 0 aliphatic heterocycles. The first-order chi connectivity index (χ1) is 6.24. The van der Waals surface area contributed by atoms with Gasteiger partial charge in [-0.05, 0) is 25.9 Å². The van der Waals surface area contributed by atoms with Gasteiger partial charge in [-0.25, -0.2) is 0 Å². The van der Waals surface area contributed by atoms with Gasteiger partial charge in [0.2, 0.25) is 0 Å². The Bertz CT molecular complexity index is 125. The normalized spacial score (nSPS) is 22.2. The topological polar surface area (TPSA) is 3.24 Å². The fourth-order valence-corrected chi connectivity index (χ4v) is 2.69. The van der Waals surface area contributed by atoms with Crippen molar-refractivity contribution < 1.29 is 0 Å². The second kappa shape index (κ2) is 5.64. The molecule has 1 aliphatic carbocycles. The molecule has 0 amide bonds. The molecule has 0 saturated heterocycles. The summed E-state index contributed by atoms with van der Waals surface area (Å²) in [5.74, 6) is 1.98. The summed E-state index contributed by atoms with van der Waals surface area (Å²) >= 11 is 0. The van der Waals surface area contributed by atoms with Gasteiger partial charge in [0.05, 0.1) is 0 Å². The Morgan fingerprint density at radius 1 is 1.15 bits per heavy atom. The highest BCUT2D eigenvalue weighted by Gasteiger charge is 2.22. The van der Waals surface area contributed by atoms with Crippen LogP contribution in [0.2, 0.25) is 0 Å². The average molecular weight is 183 g/mol. The van der Waals surface area contributed by atoms with E-state index in [1.54, 1.807) is 0 Å². The van der Waals surface area contributed by atoms with Crippen LogP contribution < -0.4 is 0 Å². The third-order valence-electron chi connectivity index (χ3n) is 3.44. The van der Waals surface area contributed by atoms with Gasteiger partial charge in [-0.3, -0.25) is 0 Å². The van der Waals surface area contributed by atoms with Crippen LogP contribution in [0.5, 0.6) is 0 Å². The maximum atomic E-state index is 2.35. The van der Waals surface area contributed by atoms with Crippen LogP contribution in [-0.4, -0.2) is 25.5 Å². The maximum absolute atomic E-state index is 2.35. The second-order valence-electron chi connectivity index (χ2n) is 4.83. The van der Waals surface area contributed by atoms with Gasteiger partial charge < -0.3 is 4.90 Å². The summed E-state index contributed by atoms with van der Waals surface area (Å²) in [5.41, 5.74) is 0. The summed E-state index contributed by atoms with van der Waals surface area (Å²) in [6.07, 6.45) is 8.79. The van der Waals surface area contributed by atoms with E-state index < -0.39 is 0 Å². The number of hydrogen-bond acceptors (Lipinski definition) is 1. The lowest BCUT2D eigenvalue weighted by molar-refractivity contribution is 0.194. The van der Waals surface area contributed by atoms with Crippen molar-refractivity contribution in [1.82, 2.24) is 4.90 Å². The molecule has 78 valence electrons. The summed E-state index contributed by atoms with van der Waals surface area (Å²) in [6, 6.07) is 0. The molecule has 0 aromatic carbocycles. The van der Waals surface area contributed by atoms with Crippen molar-refractivity contribution in [2.24, 2.45) is 11.8 Å². The lowest BCUT2D eigenvalue weighted by atomic mass is 9.78. The third kappa shape index (κ3) is 3.68. The Labute approximate surface area is 83.5 Å². The second-order valence-corrected chi connectivity index (χ2v) is 4.83. The van der Waals surface area contributed by atoms with E-state index in [-0.39, 0.29) is 0 Å². The highest BCUT2D eigenvalue weighted by Crippen LogP contribution is 2.31. The summed E-state index contributed by atoms with van der Waals surface area (Å²) in [4.78, 5) is 2.35. The molecule has 1 aliphatic rings. The van der Waals surface area contributed by atoms with Gasteiger partial charge in [-0.2, -0.15) is 0 Å². The molecule has 1 fully saturated rings. The van der Waals surface area contributed by atoms with Crippen molar-refractivity contribution >= 4 is 0 Å². The molecular weight excluding hydrogens is 158 g/mol. The first kappa shape index (κ1) is 11.0. The molecule has 13 heavy (non-hydrogen) atoms. The SMILES string of the molecule is CC[C@H](CN(C)C)C1CCCCC1. The van der Waals surface area contributed by atoms with Crippen molar-refractivity contribution in [1.29, 1.82) is 0 Å². The van der Waals surface area contributed by atoms with Gasteiger partial charge in [-0.1, -0.05) is 45.4 Å². The van der Waals surface area contributed by atoms with Crippen LogP contribution in [0.25, 0.3) is 0 Å².